The van der Waals surface area contributed by atoms with E-state index in [0.717, 1.165) is 40.8 Å². The molecule has 1 saturated carbocycles. The number of benzene rings is 1. The van der Waals surface area contributed by atoms with Crippen LogP contribution in [-0.4, -0.2) is 16.7 Å². The molecule has 0 radical (unpaired) electrons. The summed E-state index contributed by atoms with van der Waals surface area (Å²) in [5.74, 6) is 0.774. The van der Waals surface area contributed by atoms with Gasteiger partial charge < -0.3 is 9.84 Å². The van der Waals surface area contributed by atoms with Crippen molar-refractivity contribution in [3.63, 3.8) is 0 Å². The Bertz CT molecular complexity index is 623. The molecule has 0 bridgehead atoms. The predicted molar refractivity (Wildman–Crippen MR) is 96.8 cm³/mol. The highest BCUT2D eigenvalue weighted by atomic mass is 79.9. The molecular formula is C18H22BrNO2S. The van der Waals surface area contributed by atoms with Gasteiger partial charge in [0, 0.05) is 16.1 Å². The Labute approximate surface area is 149 Å². The molecule has 2 aromatic rings. The minimum atomic E-state index is -0.998. The minimum Gasteiger partial charge on any atom is -0.490 e. The van der Waals surface area contributed by atoms with E-state index in [0.29, 0.717) is 0 Å². The van der Waals surface area contributed by atoms with E-state index in [2.05, 4.69) is 27.8 Å². The largest absolute Gasteiger partial charge is 0.490 e. The Morgan fingerprint density at radius 2 is 1.96 bits per heavy atom. The van der Waals surface area contributed by atoms with Gasteiger partial charge in [-0.1, -0.05) is 42.1 Å². The molecule has 3 rings (SSSR count). The topological polar surface area (TPSA) is 42.4 Å². The zero-order valence-electron chi connectivity index (χ0n) is 13.3. The highest BCUT2D eigenvalue weighted by Gasteiger charge is 2.50. The first-order valence-corrected chi connectivity index (χ1v) is 9.70. The monoisotopic (exact) mass is 395 g/mol. The van der Waals surface area contributed by atoms with E-state index in [1.165, 1.54) is 17.8 Å². The van der Waals surface area contributed by atoms with Crippen LogP contribution >= 0.6 is 27.3 Å². The third-order valence-corrected chi connectivity index (χ3v) is 6.51. The second kappa shape index (κ2) is 6.91. The fourth-order valence-electron chi connectivity index (χ4n) is 3.43. The molecule has 1 fully saturated rings. The molecule has 0 aliphatic heterocycles. The van der Waals surface area contributed by atoms with E-state index in [4.69, 9.17) is 4.74 Å². The van der Waals surface area contributed by atoms with Crippen molar-refractivity contribution in [1.82, 2.24) is 4.98 Å². The Hall–Kier alpha value is -0.910. The van der Waals surface area contributed by atoms with Gasteiger partial charge in [0.25, 0.3) is 0 Å². The molecule has 1 atom stereocenters. The maximum Gasteiger partial charge on any atom is 0.139 e. The summed E-state index contributed by atoms with van der Waals surface area (Å²) in [4.78, 5) is 5.08. The molecule has 1 heterocycles. The molecule has 0 amide bonds. The molecule has 3 nitrogen and oxygen atoms in total. The van der Waals surface area contributed by atoms with Crippen LogP contribution in [-0.2, 0) is 5.60 Å². The van der Waals surface area contributed by atoms with Crippen molar-refractivity contribution in [3.8, 4) is 5.75 Å². The van der Waals surface area contributed by atoms with Gasteiger partial charge in [-0.05, 0) is 37.1 Å². The Morgan fingerprint density at radius 1 is 1.26 bits per heavy atom. The second-order valence-electron chi connectivity index (χ2n) is 6.59. The molecular weight excluding hydrogens is 374 g/mol. The number of aliphatic hydroxyl groups is 1. The predicted octanol–water partition coefficient (Wildman–Crippen LogP) is 5.14. The number of rotatable bonds is 5. The molecule has 124 valence electrons. The third-order valence-electron chi connectivity index (χ3n) is 5.06. The van der Waals surface area contributed by atoms with Crippen LogP contribution < -0.4 is 4.74 Å². The zero-order chi connectivity index (χ0) is 16.3. The maximum absolute atomic E-state index is 11.6. The van der Waals surface area contributed by atoms with Crippen LogP contribution in [0.1, 0.15) is 43.9 Å². The molecule has 1 aliphatic carbocycles. The Balaban J connectivity index is 1.85. The van der Waals surface area contributed by atoms with Gasteiger partial charge in [-0.2, -0.15) is 0 Å². The quantitative estimate of drug-likeness (QED) is 0.761. The van der Waals surface area contributed by atoms with Crippen LogP contribution in [0.3, 0.4) is 0 Å². The van der Waals surface area contributed by atoms with Gasteiger partial charge in [0.15, 0.2) is 0 Å². The number of halogens is 1. The van der Waals surface area contributed by atoms with Gasteiger partial charge in [-0.15, -0.1) is 11.3 Å². The third kappa shape index (κ3) is 3.47. The minimum absolute atomic E-state index is 0.173. The molecule has 5 heteroatoms. The van der Waals surface area contributed by atoms with Crippen molar-refractivity contribution in [2.45, 2.75) is 44.6 Å². The van der Waals surface area contributed by atoms with Crippen LogP contribution in [0.4, 0.5) is 0 Å². The van der Waals surface area contributed by atoms with E-state index in [9.17, 15) is 5.11 Å². The summed E-state index contributed by atoms with van der Waals surface area (Å²) >= 11 is 4.94. The van der Waals surface area contributed by atoms with E-state index in [1.807, 2.05) is 24.3 Å². The summed E-state index contributed by atoms with van der Waals surface area (Å²) in [6, 6.07) is 7.73. The van der Waals surface area contributed by atoms with Crippen molar-refractivity contribution >= 4 is 27.3 Å². The lowest BCUT2D eigenvalue weighted by atomic mass is 9.64. The van der Waals surface area contributed by atoms with E-state index in [-0.39, 0.29) is 12.0 Å². The van der Waals surface area contributed by atoms with Crippen molar-refractivity contribution in [1.29, 1.82) is 0 Å². The fraction of sp³-hybridized carbons (Fsp3) is 0.500. The molecule has 1 unspecified atom stereocenters. The normalized spacial score (nSPS) is 20.0. The fourth-order valence-corrected chi connectivity index (χ4v) is 4.55. The summed E-state index contributed by atoms with van der Waals surface area (Å²) in [6.45, 7) is 2.45. The van der Waals surface area contributed by atoms with E-state index in [1.54, 1.807) is 11.7 Å². The number of hydrogen-bond acceptors (Lipinski definition) is 4. The van der Waals surface area contributed by atoms with Crippen LogP contribution in [0.5, 0.6) is 5.75 Å². The van der Waals surface area contributed by atoms with Crippen LogP contribution in [0.25, 0.3) is 0 Å². The van der Waals surface area contributed by atoms with Crippen molar-refractivity contribution in [2.75, 3.05) is 6.61 Å². The number of ether oxygens (including phenoxy) is 1. The summed E-state index contributed by atoms with van der Waals surface area (Å²) in [5, 5.41) is 11.6. The van der Waals surface area contributed by atoms with Crippen molar-refractivity contribution in [3.05, 3.63) is 45.3 Å². The lowest BCUT2D eigenvalue weighted by Crippen LogP contribution is -2.49. The van der Waals surface area contributed by atoms with Crippen molar-refractivity contribution < 1.29 is 9.84 Å². The zero-order valence-corrected chi connectivity index (χ0v) is 15.7. The van der Waals surface area contributed by atoms with Crippen LogP contribution in [0.2, 0.25) is 0 Å². The summed E-state index contributed by atoms with van der Waals surface area (Å²) in [7, 11) is 0. The molecule has 1 N–H and O–H groups in total. The molecule has 1 aliphatic rings. The standard InChI is InChI=1S/C18H22BrNO2S/c1-17(9-3-2-4-10-17)18(21,16-11-20-13-23-16)12-22-15-7-5-14(19)6-8-15/h5-8,11,13,21H,2-4,9-10,12H2,1H3. The highest BCUT2D eigenvalue weighted by Crippen LogP contribution is 2.50. The number of aromatic nitrogens is 1. The van der Waals surface area contributed by atoms with Crippen LogP contribution in [0, 0.1) is 5.41 Å². The van der Waals surface area contributed by atoms with Gasteiger partial charge in [-0.3, -0.25) is 4.98 Å². The van der Waals surface area contributed by atoms with Gasteiger partial charge in [-0.25, -0.2) is 0 Å². The maximum atomic E-state index is 11.6. The molecule has 0 saturated heterocycles. The first kappa shape index (κ1) is 16.9. The Morgan fingerprint density at radius 3 is 2.57 bits per heavy atom. The number of thiazole rings is 1. The van der Waals surface area contributed by atoms with Gasteiger partial charge >= 0.3 is 0 Å². The average molecular weight is 396 g/mol. The Kier molecular flexibility index (Phi) is 5.09. The van der Waals surface area contributed by atoms with E-state index < -0.39 is 5.60 Å². The molecule has 1 aromatic heterocycles. The number of hydrogen-bond donors (Lipinski definition) is 1. The second-order valence-corrected chi connectivity index (χ2v) is 8.39. The first-order valence-electron chi connectivity index (χ1n) is 8.03. The van der Waals surface area contributed by atoms with Crippen molar-refractivity contribution in [2.24, 2.45) is 5.41 Å². The smallest absolute Gasteiger partial charge is 0.139 e. The van der Waals surface area contributed by atoms with E-state index >= 15 is 0 Å². The number of nitrogens with zero attached hydrogens (tertiary/aromatic N) is 1. The van der Waals surface area contributed by atoms with Crippen LogP contribution in [0.15, 0.2) is 40.4 Å². The molecule has 1 aromatic carbocycles. The van der Waals surface area contributed by atoms with Gasteiger partial charge in [0.05, 0.1) is 10.4 Å². The first-order chi connectivity index (χ1) is 11.0. The SMILES string of the molecule is CC1(C(O)(COc2ccc(Br)cc2)c2cncs2)CCCCC1. The van der Waals surface area contributed by atoms with Gasteiger partial charge in [0.2, 0.25) is 0 Å². The lowest BCUT2D eigenvalue weighted by molar-refractivity contribution is -0.123. The summed E-state index contributed by atoms with van der Waals surface area (Å²) < 4.78 is 6.99. The summed E-state index contributed by atoms with van der Waals surface area (Å²) in [5.41, 5.74) is 0.612. The summed E-state index contributed by atoms with van der Waals surface area (Å²) in [6.07, 6.45) is 7.40. The average Bonchev–Trinajstić information content (AvgIpc) is 3.09. The molecule has 23 heavy (non-hydrogen) atoms. The molecule has 0 spiro atoms. The highest BCUT2D eigenvalue weighted by molar-refractivity contribution is 9.10. The lowest BCUT2D eigenvalue weighted by Gasteiger charge is -2.46. The van der Waals surface area contributed by atoms with Gasteiger partial charge in [0.1, 0.15) is 18.0 Å².